The predicted molar refractivity (Wildman–Crippen MR) is 564 cm³/mol. The van der Waals surface area contributed by atoms with Crippen LogP contribution in [-0.2, 0) is 47.3 Å². The number of H-pyrrole nitrogens is 1. The van der Waals surface area contributed by atoms with E-state index in [2.05, 4.69) is 155 Å². The second-order valence-electron chi connectivity index (χ2n) is 31.0. The van der Waals surface area contributed by atoms with Gasteiger partial charge < -0.3 is 62.7 Å². The van der Waals surface area contributed by atoms with Crippen LogP contribution in [0, 0.1) is 7.14 Å². The van der Waals surface area contributed by atoms with Crippen molar-refractivity contribution in [2.24, 2.45) is 0 Å². The van der Waals surface area contributed by atoms with E-state index in [4.69, 9.17) is 96.7 Å². The second kappa shape index (κ2) is 53.8. The van der Waals surface area contributed by atoms with Gasteiger partial charge in [-0.1, -0.05) is 224 Å². The monoisotopic (exact) mass is 2260 g/mol. The Balaban J connectivity index is 0.000000506. The molecule has 0 bridgehead atoms. The number of benzene rings is 10. The number of nitrogens with two attached hydrogens (primary N) is 3. The first-order chi connectivity index (χ1) is 57.6. The van der Waals surface area contributed by atoms with E-state index in [1.807, 2.05) is 168 Å². The maximum atomic E-state index is 13.2. The van der Waals surface area contributed by atoms with Crippen LogP contribution in [0.4, 0.5) is 28.4 Å². The van der Waals surface area contributed by atoms with Gasteiger partial charge in [0.25, 0.3) is 0 Å². The van der Waals surface area contributed by atoms with Gasteiger partial charge >= 0.3 is 42.7 Å². The molecular formula is C93H106Cl6I3LiN6O12S5. The van der Waals surface area contributed by atoms with Gasteiger partial charge in [0, 0.05) is 61.8 Å². The molecule has 0 amide bonds. The van der Waals surface area contributed by atoms with Crippen molar-refractivity contribution < 1.29 is 68.7 Å². The number of carboxylic acid groups (broad SMARTS) is 2. The van der Waals surface area contributed by atoms with E-state index in [1.165, 1.54) is 37.6 Å². The fourth-order valence-electron chi connectivity index (χ4n) is 11.7. The van der Waals surface area contributed by atoms with Gasteiger partial charge in [-0.05, 0) is 256 Å². The summed E-state index contributed by atoms with van der Waals surface area (Å²) in [5.41, 5.74) is 27.7. The topological polar surface area (TPSA) is 334 Å². The zero-order valence-corrected chi connectivity index (χ0v) is 88.8. The predicted octanol–water partition coefficient (Wildman–Crippen LogP) is 24.6. The fourth-order valence-corrected chi connectivity index (χ4v) is 18.7. The molecule has 0 aliphatic carbocycles. The number of thioether (sulfide) groups is 5. The van der Waals surface area contributed by atoms with Gasteiger partial charge in [-0.3, -0.25) is 19.2 Å². The first kappa shape index (κ1) is 116. The van der Waals surface area contributed by atoms with Crippen LogP contribution in [0.5, 0.6) is 0 Å². The van der Waals surface area contributed by atoms with E-state index < -0.39 is 11.9 Å². The molecule has 0 unspecified atom stereocenters. The van der Waals surface area contributed by atoms with Crippen molar-refractivity contribution in [1.29, 1.82) is 0 Å². The summed E-state index contributed by atoms with van der Waals surface area (Å²) in [5.74, 6) is -2.42. The number of nitrogens with zero attached hydrogens (tertiary/aromatic N) is 1. The number of nitrogens with one attached hydrogen (secondary N) is 2. The number of rotatable bonds is 14. The summed E-state index contributed by atoms with van der Waals surface area (Å²) >= 11 is 50.5. The van der Waals surface area contributed by atoms with E-state index in [1.54, 1.807) is 97.7 Å². The van der Waals surface area contributed by atoms with Crippen molar-refractivity contribution in [3.8, 4) is 0 Å². The molecule has 0 saturated heterocycles. The number of carbonyl (C=O) groups excluding carboxylic acids is 2. The molecule has 2 aromatic heterocycles. The van der Waals surface area contributed by atoms with E-state index in [0.29, 0.717) is 65.8 Å². The molecule has 0 saturated carbocycles. The summed E-state index contributed by atoms with van der Waals surface area (Å²) in [6.07, 6.45) is 9.81. The molecular weight excluding hydrogens is 2150 g/mol. The van der Waals surface area contributed by atoms with Gasteiger partial charge in [0.05, 0.1) is 101 Å². The Morgan fingerprint density at radius 3 is 1.30 bits per heavy atom. The van der Waals surface area contributed by atoms with Gasteiger partial charge in [0.15, 0.2) is 10.9 Å². The maximum Gasteiger partial charge on any atom is 1.00 e. The van der Waals surface area contributed by atoms with Crippen LogP contribution in [0.25, 0.3) is 43.6 Å². The molecule has 13 N–H and O–H groups in total. The molecule has 0 aliphatic heterocycles. The van der Waals surface area contributed by atoms with Crippen LogP contribution >= 0.6 is 196 Å². The van der Waals surface area contributed by atoms with Crippen molar-refractivity contribution in [3.05, 3.63) is 261 Å². The van der Waals surface area contributed by atoms with Crippen LogP contribution in [0.15, 0.2) is 204 Å². The van der Waals surface area contributed by atoms with Crippen molar-refractivity contribution in [3.63, 3.8) is 0 Å². The Bertz CT molecular complexity index is 5780. The quantitative estimate of drug-likeness (QED) is 0.0101. The third-order valence-electron chi connectivity index (χ3n) is 18.2. The standard InChI is InChI=1S/C22H24ClNO3S.C18H20ClNO2S.C18H18ClNOS.C11H15NO2.C7H6ClIS.C7H8ClNS.C6H5ClIN.C4H7IO2.Li.2H2O/c1-6-27-18(25)12-24-17-11-13(22(2,3)4)7-8-14(17)20(26)15-9-10-16(23)21(28-5)19(15)24;1-18(2,3)11-8-9-12(17(21)22)15(10-11)20-14-7-5-6-13(19)16(14)23-4;1-18(2,3)10-5-6-11-14(9-10)20-15-12(16(11)21)7-8-13(19)17(15)22-4;1-11(2,3)7-4-5-8(10(13)14)9(12)6-7;2*1-10-7-5(8)3-2-4-6(7)9;7-4-2-1-3-5(9)6(4)8;1-2-7-4(6)3-5;;;/h7-11H,6,12H2,1-5H3;5-10,20H,1-4H3,(H,21,22);5-9H,1-4H3,(H,20,21);4-6H,12H2,1-3H3,(H,13,14);2-4H,1H3;2-4H,9H2,1H3;1-3H,9H2;2-3H2,1H3;;2*1H2/q;;;;;;;;+1;;/p-1. The summed E-state index contributed by atoms with van der Waals surface area (Å²) in [4.78, 5) is 78.9. The molecule has 10 aromatic carbocycles. The van der Waals surface area contributed by atoms with Gasteiger partial charge in [-0.15, -0.1) is 58.8 Å². The number of fused-ring (bicyclic) bond motifs is 4. The number of aromatic carboxylic acids is 2. The third-order valence-corrected chi connectivity index (χ3v) is 28.2. The minimum atomic E-state index is -0.983. The molecule has 126 heavy (non-hydrogen) atoms. The Hall–Kier alpha value is -5.58. The van der Waals surface area contributed by atoms with Crippen molar-refractivity contribution >= 4 is 292 Å². The first-order valence-electron chi connectivity index (χ1n) is 38.0. The van der Waals surface area contributed by atoms with Gasteiger partial charge in [-0.25, -0.2) is 9.59 Å². The van der Waals surface area contributed by atoms with Crippen molar-refractivity contribution in [2.45, 2.75) is 150 Å². The zero-order chi connectivity index (χ0) is 92.5. The first-order valence-corrected chi connectivity index (χ1v) is 50.1. The molecule has 2 heterocycles. The van der Waals surface area contributed by atoms with E-state index in [9.17, 15) is 33.9 Å². The summed E-state index contributed by atoms with van der Waals surface area (Å²) in [5, 5.41) is 28.2. The minimum Gasteiger partial charge on any atom is -0.870 e. The average molecular weight is 2260 g/mol. The number of esters is 2. The van der Waals surface area contributed by atoms with E-state index >= 15 is 0 Å². The van der Waals surface area contributed by atoms with Crippen LogP contribution in [0.2, 0.25) is 30.1 Å². The van der Waals surface area contributed by atoms with Crippen molar-refractivity contribution in [2.75, 3.05) is 71.4 Å². The van der Waals surface area contributed by atoms with E-state index in [-0.39, 0.29) is 91.9 Å². The van der Waals surface area contributed by atoms with Crippen LogP contribution in [-0.4, -0.2) is 104 Å². The Labute approximate surface area is 842 Å². The van der Waals surface area contributed by atoms with E-state index in [0.717, 1.165) is 93.9 Å². The number of pyridine rings is 2. The van der Waals surface area contributed by atoms with Crippen LogP contribution in [0.1, 0.15) is 140 Å². The number of aromatic nitrogens is 2. The summed E-state index contributed by atoms with van der Waals surface area (Å²) in [6.45, 7) is 29.7. The molecule has 33 heteroatoms. The number of nitrogen functional groups attached to an aromatic ring is 3. The number of aromatic amines is 1. The molecule has 674 valence electrons. The number of ether oxygens (including phenoxy) is 2. The fraction of sp³-hybridized carbons (Fsp3) is 0.290. The summed E-state index contributed by atoms with van der Waals surface area (Å²) < 4.78 is 14.2. The molecule has 0 spiro atoms. The zero-order valence-electron chi connectivity index (χ0n) is 73.7. The van der Waals surface area contributed by atoms with Gasteiger partial charge in [-0.2, -0.15) is 0 Å². The number of carboxylic acids is 2. The normalized spacial score (nSPS) is 10.8. The molecule has 0 radical (unpaired) electrons. The largest absolute Gasteiger partial charge is 1.00 e. The number of anilines is 5. The number of hydrogen-bond donors (Lipinski definition) is 7. The van der Waals surface area contributed by atoms with Gasteiger partial charge in [0.1, 0.15) is 6.54 Å². The SMILES string of the molecule is CC(C)(C)c1ccc(C(=O)O)c(N)c1.CCOC(=O)CI.CCOC(=O)Cn1c2cc(C(C)(C)C)ccc2c(=O)c2ccc(Cl)c(SC)c21.CSc1c(Cl)ccc2c(=O)c3ccc(C(C)(C)C)cc3[nH]c12.CSc1c(Cl)cccc1I.CSc1c(Cl)cccc1Nc1cc(C(C)(C)C)ccc1C(=O)O.CSc1c(N)cccc1Cl.Nc1cccc(Cl)c1I.O.[Li+].[OH-]. The van der Waals surface area contributed by atoms with Crippen LogP contribution < -0.4 is 52.2 Å². The molecule has 0 fully saturated rings. The second-order valence-corrected chi connectivity index (χ2v) is 40.5. The molecule has 18 nitrogen and oxygen atoms in total. The number of hydrogen-bond acceptors (Lipinski definition) is 18. The number of halogens is 9. The number of carbonyl (C=O) groups is 4. The molecule has 0 aliphatic rings. The Kier molecular flexibility index (Phi) is 49.7. The van der Waals surface area contributed by atoms with Gasteiger partial charge in [0.2, 0.25) is 0 Å². The Morgan fingerprint density at radius 2 is 0.857 bits per heavy atom. The molecule has 12 rings (SSSR count). The third kappa shape index (κ3) is 33.0. The summed E-state index contributed by atoms with van der Waals surface area (Å²) in [7, 11) is 0. The van der Waals surface area contributed by atoms with Crippen LogP contribution in [0.3, 0.4) is 0 Å². The van der Waals surface area contributed by atoms with Crippen molar-refractivity contribution in [1.82, 2.24) is 9.55 Å². The smallest absolute Gasteiger partial charge is 0.870 e. The average Bonchev–Trinajstić information content (AvgIpc) is 0.736. The molecule has 0 atom stereocenters. The number of alkyl halides is 1. The molecule has 12 aromatic rings. The maximum absolute atomic E-state index is 13.2. The Morgan fingerprint density at radius 1 is 0.452 bits per heavy atom. The minimum absolute atomic E-state index is 0. The summed E-state index contributed by atoms with van der Waals surface area (Å²) in [6, 6.07) is 51.9.